The minimum absolute atomic E-state index is 1.14. The molecule has 0 bridgehead atoms. The largest absolute Gasteiger partial charge is 0.262 e. The highest BCUT2D eigenvalue weighted by atomic mass is 14.7. The van der Waals surface area contributed by atoms with E-state index in [0.717, 1.165) is 6.42 Å². The van der Waals surface area contributed by atoms with E-state index >= 15 is 0 Å². The summed E-state index contributed by atoms with van der Waals surface area (Å²) in [4.78, 5) is 4.27. The van der Waals surface area contributed by atoms with E-state index < -0.39 is 0 Å². The molecule has 0 aromatic carbocycles. The highest BCUT2D eigenvalue weighted by molar-refractivity contribution is 6.02. The molecule has 1 heteroatoms. The van der Waals surface area contributed by atoms with Gasteiger partial charge in [0.25, 0.3) is 0 Å². The lowest BCUT2D eigenvalue weighted by Crippen LogP contribution is -1.91. The summed E-state index contributed by atoms with van der Waals surface area (Å²) in [5.74, 6) is 0. The van der Waals surface area contributed by atoms with Gasteiger partial charge in [-0.25, -0.2) is 0 Å². The highest BCUT2D eigenvalue weighted by Gasteiger charge is 2.13. The molecule has 1 saturated carbocycles. The first-order chi connectivity index (χ1) is 5.88. The maximum absolute atomic E-state index is 4.27. The van der Waals surface area contributed by atoms with Gasteiger partial charge in [0.2, 0.25) is 0 Å². The van der Waals surface area contributed by atoms with Crippen molar-refractivity contribution >= 4 is 5.71 Å². The Kier molecular flexibility index (Phi) is 3.78. The zero-order valence-corrected chi connectivity index (χ0v) is 7.84. The molecule has 0 saturated heterocycles. The predicted octanol–water partition coefficient (Wildman–Crippen LogP) is 3.48. The molecule has 1 aliphatic carbocycles. The van der Waals surface area contributed by atoms with Crippen LogP contribution in [0.15, 0.2) is 29.4 Å². The average Bonchev–Trinajstić information content (AvgIpc) is 2.50. The van der Waals surface area contributed by atoms with Crippen molar-refractivity contribution in [1.29, 1.82) is 0 Å². The van der Waals surface area contributed by atoms with Gasteiger partial charge in [0.05, 0.1) is 0 Å². The van der Waals surface area contributed by atoms with Crippen LogP contribution in [0.3, 0.4) is 0 Å². The second-order valence-corrected chi connectivity index (χ2v) is 3.13. The Labute approximate surface area is 74.9 Å². The Morgan fingerprint density at radius 2 is 2.33 bits per heavy atom. The van der Waals surface area contributed by atoms with Crippen LogP contribution in [0.1, 0.15) is 39.0 Å². The van der Waals surface area contributed by atoms with Crippen molar-refractivity contribution in [3.8, 4) is 0 Å². The smallest absolute Gasteiger partial charge is 0.0432 e. The first kappa shape index (κ1) is 9.24. The molecule has 66 valence electrons. The average molecular weight is 163 g/mol. The fourth-order valence-electron chi connectivity index (χ4n) is 1.55. The Hall–Kier alpha value is -0.850. The van der Waals surface area contributed by atoms with Gasteiger partial charge in [0.1, 0.15) is 0 Å². The van der Waals surface area contributed by atoms with Crippen LogP contribution in [0.2, 0.25) is 0 Å². The number of rotatable bonds is 3. The summed E-state index contributed by atoms with van der Waals surface area (Å²) in [7, 11) is 0. The third-order valence-corrected chi connectivity index (χ3v) is 2.16. The molecule has 0 unspecified atom stereocenters. The summed E-state index contributed by atoms with van der Waals surface area (Å²) in [6, 6.07) is 0. The molecule has 1 aliphatic rings. The molecule has 0 N–H and O–H groups in total. The van der Waals surface area contributed by atoms with E-state index in [1.54, 1.807) is 6.20 Å². The normalized spacial score (nSPS) is 23.8. The van der Waals surface area contributed by atoms with E-state index in [9.17, 15) is 0 Å². The number of nitrogens with zero attached hydrogens (tertiary/aromatic N) is 1. The van der Waals surface area contributed by atoms with E-state index in [-0.39, 0.29) is 0 Å². The summed E-state index contributed by atoms with van der Waals surface area (Å²) in [5.41, 5.74) is 2.72. The first-order valence-electron chi connectivity index (χ1n) is 4.75. The minimum Gasteiger partial charge on any atom is -0.262 e. The number of allylic oxidation sites excluding steroid dienone is 2. The van der Waals surface area contributed by atoms with E-state index in [1.807, 2.05) is 0 Å². The van der Waals surface area contributed by atoms with Crippen molar-refractivity contribution in [1.82, 2.24) is 0 Å². The van der Waals surface area contributed by atoms with Crippen molar-refractivity contribution in [3.05, 3.63) is 24.4 Å². The summed E-state index contributed by atoms with van der Waals surface area (Å²) in [6.45, 7) is 5.83. The van der Waals surface area contributed by atoms with Crippen LogP contribution < -0.4 is 0 Å². The van der Waals surface area contributed by atoms with Crippen molar-refractivity contribution in [3.63, 3.8) is 0 Å². The van der Waals surface area contributed by atoms with Gasteiger partial charge in [-0.15, -0.1) is 0 Å². The Morgan fingerprint density at radius 3 is 3.00 bits per heavy atom. The van der Waals surface area contributed by atoms with E-state index in [4.69, 9.17) is 0 Å². The summed E-state index contributed by atoms with van der Waals surface area (Å²) >= 11 is 0. The Balaban J connectivity index is 2.63. The Bertz CT molecular complexity index is 211. The molecular formula is C11H17N. The van der Waals surface area contributed by atoms with Crippen molar-refractivity contribution in [2.24, 2.45) is 4.99 Å². The van der Waals surface area contributed by atoms with Gasteiger partial charge in [-0.05, 0) is 31.3 Å². The molecule has 0 aliphatic heterocycles. The zero-order valence-electron chi connectivity index (χ0n) is 7.84. The maximum atomic E-state index is 4.27. The van der Waals surface area contributed by atoms with E-state index in [2.05, 4.69) is 24.6 Å². The quantitative estimate of drug-likeness (QED) is 0.604. The summed E-state index contributed by atoms with van der Waals surface area (Å²) in [6.07, 6.45) is 10.0. The van der Waals surface area contributed by atoms with E-state index in [0.29, 0.717) is 0 Å². The van der Waals surface area contributed by atoms with Crippen LogP contribution in [0, 0.1) is 0 Å². The van der Waals surface area contributed by atoms with Gasteiger partial charge in [-0.1, -0.05) is 26.0 Å². The SMILES string of the molecule is C=CN=C1CCC/C1=C/CCC. The second kappa shape index (κ2) is 4.91. The van der Waals surface area contributed by atoms with Crippen LogP contribution in [0.25, 0.3) is 0 Å². The van der Waals surface area contributed by atoms with Crippen molar-refractivity contribution < 1.29 is 0 Å². The molecule has 0 heterocycles. The molecule has 1 fully saturated rings. The van der Waals surface area contributed by atoms with E-state index in [1.165, 1.54) is 37.0 Å². The van der Waals surface area contributed by atoms with Gasteiger partial charge < -0.3 is 0 Å². The highest BCUT2D eigenvalue weighted by Crippen LogP contribution is 2.22. The number of unbranched alkanes of at least 4 members (excludes halogenated alkanes) is 1. The molecule has 0 atom stereocenters. The standard InChI is InChI=1S/C11H17N/c1-3-5-7-10-8-6-9-11(10)12-4-2/h4,7H,2-3,5-6,8-9H2,1H3/b10-7-,12-11?. The molecular weight excluding hydrogens is 146 g/mol. The van der Waals surface area contributed by atoms with Crippen LogP contribution in [-0.4, -0.2) is 5.71 Å². The molecule has 0 aromatic heterocycles. The van der Waals surface area contributed by atoms with Gasteiger partial charge in [-0.2, -0.15) is 0 Å². The van der Waals surface area contributed by atoms with Crippen LogP contribution in [0.5, 0.6) is 0 Å². The molecule has 0 spiro atoms. The fourth-order valence-corrected chi connectivity index (χ4v) is 1.55. The van der Waals surface area contributed by atoms with Crippen LogP contribution in [0.4, 0.5) is 0 Å². The third-order valence-electron chi connectivity index (χ3n) is 2.16. The zero-order chi connectivity index (χ0) is 8.81. The maximum Gasteiger partial charge on any atom is 0.0432 e. The first-order valence-corrected chi connectivity index (χ1v) is 4.75. The number of hydrogen-bond donors (Lipinski definition) is 0. The fraction of sp³-hybridized carbons (Fsp3) is 0.545. The number of hydrogen-bond acceptors (Lipinski definition) is 1. The molecule has 0 amide bonds. The molecule has 0 aromatic rings. The van der Waals surface area contributed by atoms with Gasteiger partial charge >= 0.3 is 0 Å². The van der Waals surface area contributed by atoms with Crippen molar-refractivity contribution in [2.75, 3.05) is 0 Å². The lowest BCUT2D eigenvalue weighted by Gasteiger charge is -1.97. The van der Waals surface area contributed by atoms with Gasteiger partial charge in [0.15, 0.2) is 0 Å². The lowest BCUT2D eigenvalue weighted by molar-refractivity contribution is 0.920. The molecule has 12 heavy (non-hydrogen) atoms. The van der Waals surface area contributed by atoms with Crippen molar-refractivity contribution in [2.45, 2.75) is 39.0 Å². The molecule has 1 nitrogen and oxygen atoms in total. The predicted molar refractivity (Wildman–Crippen MR) is 54.5 cm³/mol. The number of aliphatic imine (C=N–C) groups is 1. The Morgan fingerprint density at radius 1 is 1.50 bits per heavy atom. The van der Waals surface area contributed by atoms with Crippen LogP contribution >= 0.6 is 0 Å². The molecule has 1 rings (SSSR count). The van der Waals surface area contributed by atoms with Crippen LogP contribution in [-0.2, 0) is 0 Å². The van der Waals surface area contributed by atoms with Gasteiger partial charge in [-0.3, -0.25) is 4.99 Å². The summed E-state index contributed by atoms with van der Waals surface area (Å²) < 4.78 is 0. The summed E-state index contributed by atoms with van der Waals surface area (Å²) in [5, 5.41) is 0. The lowest BCUT2D eigenvalue weighted by atomic mass is 10.1. The van der Waals surface area contributed by atoms with Gasteiger partial charge in [0, 0.05) is 11.9 Å². The minimum atomic E-state index is 1.14. The third kappa shape index (κ3) is 2.33. The topological polar surface area (TPSA) is 12.4 Å². The molecule has 0 radical (unpaired) electrons. The monoisotopic (exact) mass is 163 g/mol. The second-order valence-electron chi connectivity index (χ2n) is 3.13.